The van der Waals surface area contributed by atoms with E-state index in [0.29, 0.717) is 50.0 Å². The van der Waals surface area contributed by atoms with E-state index in [4.69, 9.17) is 19.2 Å². The van der Waals surface area contributed by atoms with Gasteiger partial charge in [0.25, 0.3) is 0 Å². The summed E-state index contributed by atoms with van der Waals surface area (Å²) in [7, 11) is 0. The molecule has 0 saturated carbocycles. The summed E-state index contributed by atoms with van der Waals surface area (Å²) in [5.41, 5.74) is 1.70. The van der Waals surface area contributed by atoms with Crippen LogP contribution in [0.3, 0.4) is 0 Å². The van der Waals surface area contributed by atoms with Gasteiger partial charge in [-0.05, 0) is 38.0 Å². The van der Waals surface area contributed by atoms with Gasteiger partial charge in [0.1, 0.15) is 18.2 Å². The maximum Gasteiger partial charge on any atom is 0.410 e. The Morgan fingerprint density at radius 2 is 2.03 bits per heavy atom. The Bertz CT molecular complexity index is 1320. The minimum Gasteiger partial charge on any atom is -0.454 e. The van der Waals surface area contributed by atoms with Crippen LogP contribution >= 0.6 is 0 Å². The number of imidazole rings is 1. The number of carbonyl (C=O) groups is 2. The molecule has 12 nitrogen and oxygen atoms in total. The zero-order valence-corrected chi connectivity index (χ0v) is 22.4. The van der Waals surface area contributed by atoms with Gasteiger partial charge >= 0.3 is 6.09 Å². The van der Waals surface area contributed by atoms with Crippen molar-refractivity contribution in [3.8, 4) is 17.4 Å². The SMILES string of the molecule is CCC(C)OC(=O)N1CCN(c2cc(C)nc(-n3ccnc3)n2)CC1CC(=O)NCc1ccc2c(c1)OCO2. The Hall–Kier alpha value is -4.35. The van der Waals surface area contributed by atoms with Crippen molar-refractivity contribution in [3.05, 3.63) is 54.2 Å². The lowest BCUT2D eigenvalue weighted by Gasteiger charge is -2.41. The van der Waals surface area contributed by atoms with Crippen LogP contribution < -0.4 is 19.7 Å². The molecule has 0 bridgehead atoms. The van der Waals surface area contributed by atoms with Gasteiger partial charge in [0, 0.05) is 56.8 Å². The van der Waals surface area contributed by atoms with Gasteiger partial charge in [0.15, 0.2) is 11.5 Å². The number of rotatable bonds is 8. The molecular formula is C27H33N7O5. The molecule has 4 heterocycles. The molecule has 1 N–H and O–H groups in total. The van der Waals surface area contributed by atoms with E-state index in [1.54, 1.807) is 28.2 Å². The first kappa shape index (κ1) is 26.3. The van der Waals surface area contributed by atoms with Gasteiger partial charge in [0.05, 0.1) is 6.04 Å². The normalized spacial score (nSPS) is 17.2. The summed E-state index contributed by atoms with van der Waals surface area (Å²) in [6.07, 6.45) is 5.32. The van der Waals surface area contributed by atoms with E-state index in [2.05, 4.69) is 20.2 Å². The first-order valence-electron chi connectivity index (χ1n) is 13.1. The lowest BCUT2D eigenvalue weighted by Crippen LogP contribution is -2.57. The minimum atomic E-state index is -0.407. The summed E-state index contributed by atoms with van der Waals surface area (Å²) in [5, 5.41) is 2.97. The highest BCUT2D eigenvalue weighted by Crippen LogP contribution is 2.32. The third-order valence-electron chi connectivity index (χ3n) is 6.83. The highest BCUT2D eigenvalue weighted by Gasteiger charge is 2.34. The van der Waals surface area contributed by atoms with Gasteiger partial charge in [-0.15, -0.1) is 0 Å². The Morgan fingerprint density at radius 3 is 2.82 bits per heavy atom. The van der Waals surface area contributed by atoms with E-state index < -0.39 is 12.1 Å². The Morgan fingerprint density at radius 1 is 1.18 bits per heavy atom. The monoisotopic (exact) mass is 535 g/mol. The van der Waals surface area contributed by atoms with Gasteiger partial charge in [0.2, 0.25) is 18.6 Å². The summed E-state index contributed by atoms with van der Waals surface area (Å²) in [6.45, 7) is 7.64. The molecular weight excluding hydrogens is 502 g/mol. The van der Waals surface area contributed by atoms with E-state index in [0.717, 1.165) is 17.1 Å². The number of fused-ring (bicyclic) bond motifs is 1. The average molecular weight is 536 g/mol. The van der Waals surface area contributed by atoms with Crippen LogP contribution in [0, 0.1) is 6.92 Å². The maximum atomic E-state index is 13.1. The van der Waals surface area contributed by atoms with Crippen molar-refractivity contribution >= 4 is 17.8 Å². The number of piperazine rings is 1. The van der Waals surface area contributed by atoms with Crippen molar-refractivity contribution in [2.24, 2.45) is 0 Å². The van der Waals surface area contributed by atoms with E-state index in [1.165, 1.54) is 0 Å². The highest BCUT2D eigenvalue weighted by atomic mass is 16.7. The van der Waals surface area contributed by atoms with Gasteiger partial charge in [-0.25, -0.2) is 14.8 Å². The Balaban J connectivity index is 1.30. The third kappa shape index (κ3) is 6.21. The molecule has 2 aromatic heterocycles. The molecule has 2 amide bonds. The summed E-state index contributed by atoms with van der Waals surface area (Å²) in [4.78, 5) is 43.2. The zero-order valence-electron chi connectivity index (χ0n) is 22.4. The van der Waals surface area contributed by atoms with Crippen molar-refractivity contribution in [3.63, 3.8) is 0 Å². The van der Waals surface area contributed by atoms with Crippen LogP contribution in [0.15, 0.2) is 43.0 Å². The van der Waals surface area contributed by atoms with Gasteiger partial charge < -0.3 is 29.3 Å². The summed E-state index contributed by atoms with van der Waals surface area (Å²) >= 11 is 0. The number of ether oxygens (including phenoxy) is 3. The molecule has 0 spiro atoms. The van der Waals surface area contributed by atoms with E-state index in [-0.39, 0.29) is 25.2 Å². The zero-order chi connectivity index (χ0) is 27.4. The third-order valence-corrected chi connectivity index (χ3v) is 6.83. The predicted molar refractivity (Wildman–Crippen MR) is 142 cm³/mol. The van der Waals surface area contributed by atoms with E-state index >= 15 is 0 Å². The van der Waals surface area contributed by atoms with Crippen molar-refractivity contribution in [2.75, 3.05) is 31.3 Å². The molecule has 2 atom stereocenters. The van der Waals surface area contributed by atoms with Crippen LogP contribution in [-0.2, 0) is 16.1 Å². The second-order valence-electron chi connectivity index (χ2n) is 9.70. The molecule has 0 aliphatic carbocycles. The molecule has 2 aliphatic rings. The van der Waals surface area contributed by atoms with E-state index in [1.807, 2.05) is 45.0 Å². The standard InChI is InChI=1S/C27H33N7O5/c1-4-19(3)39-27(36)34-10-9-32(24-11-18(2)30-26(31-24)33-8-7-28-16-33)15-21(34)13-25(35)29-14-20-5-6-22-23(12-20)38-17-37-22/h5-8,11-12,16,19,21H,4,9-10,13-15,17H2,1-3H3,(H,29,35). The van der Waals surface area contributed by atoms with Crippen molar-refractivity contribution in [1.29, 1.82) is 0 Å². The second kappa shape index (κ2) is 11.6. The number of carbonyl (C=O) groups excluding carboxylic acids is 2. The first-order valence-corrected chi connectivity index (χ1v) is 13.1. The van der Waals surface area contributed by atoms with Gasteiger partial charge in [-0.3, -0.25) is 9.36 Å². The number of benzene rings is 1. The largest absolute Gasteiger partial charge is 0.454 e. The summed E-state index contributed by atoms with van der Waals surface area (Å²) in [6, 6.07) is 7.08. The quantitative estimate of drug-likeness (QED) is 0.464. The van der Waals surface area contributed by atoms with Crippen LogP contribution in [0.1, 0.15) is 37.9 Å². The number of amides is 2. The summed E-state index contributed by atoms with van der Waals surface area (Å²) in [5.74, 6) is 2.43. The number of anilines is 1. The first-order chi connectivity index (χ1) is 18.9. The van der Waals surface area contributed by atoms with Crippen molar-refractivity contribution < 1.29 is 23.8 Å². The van der Waals surface area contributed by atoms with Gasteiger partial charge in [-0.2, -0.15) is 4.98 Å². The molecule has 39 heavy (non-hydrogen) atoms. The fourth-order valence-corrected chi connectivity index (χ4v) is 4.53. The van der Waals surface area contributed by atoms with Crippen LogP contribution in [0.2, 0.25) is 0 Å². The molecule has 1 saturated heterocycles. The molecule has 1 aromatic carbocycles. The number of hydrogen-bond donors (Lipinski definition) is 1. The fraction of sp³-hybridized carbons (Fsp3) is 0.444. The van der Waals surface area contributed by atoms with Crippen molar-refractivity contribution in [1.82, 2.24) is 29.7 Å². The van der Waals surface area contributed by atoms with Crippen LogP contribution in [-0.4, -0.2) is 75.0 Å². The van der Waals surface area contributed by atoms with E-state index in [9.17, 15) is 9.59 Å². The summed E-state index contributed by atoms with van der Waals surface area (Å²) < 4.78 is 18.2. The molecule has 12 heteroatoms. The number of hydrogen-bond acceptors (Lipinski definition) is 9. The molecule has 3 aromatic rings. The molecule has 0 radical (unpaired) electrons. The van der Waals surface area contributed by atoms with Crippen molar-refractivity contribution in [2.45, 2.75) is 52.3 Å². The maximum absolute atomic E-state index is 13.1. The van der Waals surface area contributed by atoms with Crippen LogP contribution in [0.5, 0.6) is 11.5 Å². The molecule has 206 valence electrons. The lowest BCUT2D eigenvalue weighted by atomic mass is 10.1. The highest BCUT2D eigenvalue weighted by molar-refractivity contribution is 5.78. The fourth-order valence-electron chi connectivity index (χ4n) is 4.53. The molecule has 2 aliphatic heterocycles. The second-order valence-corrected chi connectivity index (χ2v) is 9.70. The minimum absolute atomic E-state index is 0.120. The van der Waals surface area contributed by atoms with Crippen LogP contribution in [0.25, 0.3) is 5.95 Å². The average Bonchev–Trinajstić information content (AvgIpc) is 3.64. The molecule has 5 rings (SSSR count). The molecule has 1 fully saturated rings. The topological polar surface area (TPSA) is 124 Å². The number of nitrogens with one attached hydrogen (secondary N) is 1. The smallest absolute Gasteiger partial charge is 0.410 e. The predicted octanol–water partition coefficient (Wildman–Crippen LogP) is 2.83. The lowest BCUT2D eigenvalue weighted by molar-refractivity contribution is -0.122. The van der Waals surface area contributed by atoms with Crippen LogP contribution in [0.4, 0.5) is 10.6 Å². The van der Waals surface area contributed by atoms with Gasteiger partial charge in [-0.1, -0.05) is 13.0 Å². The Kier molecular flexibility index (Phi) is 7.80. The number of aromatic nitrogens is 4. The number of nitrogens with zero attached hydrogens (tertiary/aromatic N) is 6. The molecule has 2 unspecified atom stereocenters. The Labute approximate surface area is 226 Å². The number of aryl methyl sites for hydroxylation is 1.